The third-order valence-corrected chi connectivity index (χ3v) is 2.73. The smallest absolute Gasteiger partial charge is 0.405 e. The van der Waals surface area contributed by atoms with Gasteiger partial charge in [0.05, 0.1) is 11.4 Å². The first-order valence-electron chi connectivity index (χ1n) is 6.14. The van der Waals surface area contributed by atoms with Gasteiger partial charge in [-0.3, -0.25) is 4.98 Å². The highest BCUT2D eigenvalue weighted by Crippen LogP contribution is 2.33. The van der Waals surface area contributed by atoms with E-state index in [1.807, 2.05) is 0 Å². The summed E-state index contributed by atoms with van der Waals surface area (Å²) >= 11 is 0. The number of halogens is 3. The Hall–Kier alpha value is -2.90. The van der Waals surface area contributed by atoms with Crippen LogP contribution in [0.5, 0.6) is 0 Å². The molecule has 2 aromatic rings. The third kappa shape index (κ3) is 3.22. The van der Waals surface area contributed by atoms with Gasteiger partial charge in [0.1, 0.15) is 5.69 Å². The Bertz CT molecular complexity index is 714. The van der Waals surface area contributed by atoms with Crippen LogP contribution in [-0.2, 0) is 6.18 Å². The van der Waals surface area contributed by atoms with Crippen LogP contribution < -0.4 is 5.73 Å². The normalized spacial score (nSPS) is 12.8. The molecular formula is C14H12F3N5. The highest BCUT2D eigenvalue weighted by molar-refractivity contribution is 6.01. The molecule has 0 saturated heterocycles. The molecule has 0 atom stereocenters. The molecule has 2 aromatic heterocycles. The zero-order valence-corrected chi connectivity index (χ0v) is 11.2. The van der Waals surface area contributed by atoms with E-state index in [4.69, 9.17) is 11.1 Å². The summed E-state index contributed by atoms with van der Waals surface area (Å²) in [5.74, 6) is 0. The number of hydrogen-bond acceptors (Lipinski definition) is 4. The highest BCUT2D eigenvalue weighted by atomic mass is 19.4. The van der Waals surface area contributed by atoms with E-state index in [-0.39, 0.29) is 11.4 Å². The Morgan fingerprint density at radius 3 is 2.68 bits per heavy atom. The van der Waals surface area contributed by atoms with Gasteiger partial charge < -0.3 is 11.1 Å². The topological polar surface area (TPSA) is 80.6 Å². The molecule has 0 amide bonds. The second-order valence-electron chi connectivity index (χ2n) is 4.19. The van der Waals surface area contributed by atoms with Gasteiger partial charge in [-0.2, -0.15) is 18.3 Å². The largest absolute Gasteiger partial charge is 0.433 e. The van der Waals surface area contributed by atoms with E-state index in [9.17, 15) is 13.2 Å². The molecule has 0 saturated carbocycles. The number of allylic oxidation sites excluding steroid dienone is 3. The molecule has 2 heterocycles. The van der Waals surface area contributed by atoms with Crippen LogP contribution in [0.4, 0.5) is 13.2 Å². The van der Waals surface area contributed by atoms with Crippen LogP contribution in [0, 0.1) is 5.41 Å². The lowest BCUT2D eigenvalue weighted by molar-refractivity contribution is -0.142. The fourth-order valence-electron chi connectivity index (χ4n) is 1.77. The number of rotatable bonds is 4. The number of nitrogens with one attached hydrogen (secondary N) is 1. The number of aromatic nitrogens is 3. The van der Waals surface area contributed by atoms with E-state index in [1.54, 1.807) is 12.1 Å². The Balaban J connectivity index is 2.62. The van der Waals surface area contributed by atoms with Gasteiger partial charge in [-0.15, -0.1) is 0 Å². The molecule has 0 radical (unpaired) electrons. The van der Waals surface area contributed by atoms with Crippen molar-refractivity contribution in [3.63, 3.8) is 0 Å². The molecule has 0 spiro atoms. The predicted octanol–water partition coefficient (Wildman–Crippen LogP) is 2.93. The molecule has 2 rings (SSSR count). The lowest BCUT2D eigenvalue weighted by Gasteiger charge is -2.09. The lowest BCUT2D eigenvalue weighted by Crippen LogP contribution is -2.14. The quantitative estimate of drug-likeness (QED) is 0.673. The van der Waals surface area contributed by atoms with Gasteiger partial charge in [0, 0.05) is 24.2 Å². The van der Waals surface area contributed by atoms with Gasteiger partial charge in [0.25, 0.3) is 0 Å². The van der Waals surface area contributed by atoms with Crippen LogP contribution in [0.1, 0.15) is 5.69 Å². The zero-order valence-electron chi connectivity index (χ0n) is 11.2. The molecule has 0 fully saturated rings. The molecule has 0 aromatic carbocycles. The molecule has 8 heteroatoms. The van der Waals surface area contributed by atoms with Crippen LogP contribution in [-0.4, -0.2) is 21.0 Å². The third-order valence-electron chi connectivity index (χ3n) is 2.73. The van der Waals surface area contributed by atoms with Crippen LogP contribution in [0.2, 0.25) is 0 Å². The summed E-state index contributed by atoms with van der Waals surface area (Å²) in [6.45, 7) is 0. The molecular weight excluding hydrogens is 295 g/mol. The molecule has 0 bridgehead atoms. The second-order valence-corrected chi connectivity index (χ2v) is 4.19. The number of nitrogens with two attached hydrogens (primary N) is 1. The lowest BCUT2D eigenvalue weighted by atomic mass is 10.2. The van der Waals surface area contributed by atoms with Gasteiger partial charge in [-0.05, 0) is 36.6 Å². The van der Waals surface area contributed by atoms with Gasteiger partial charge in [-0.1, -0.05) is 0 Å². The van der Waals surface area contributed by atoms with E-state index in [0.717, 1.165) is 18.5 Å². The molecule has 114 valence electrons. The summed E-state index contributed by atoms with van der Waals surface area (Å²) < 4.78 is 40.2. The summed E-state index contributed by atoms with van der Waals surface area (Å²) in [5, 5.41) is 11.2. The van der Waals surface area contributed by atoms with Crippen molar-refractivity contribution in [1.29, 1.82) is 5.41 Å². The van der Waals surface area contributed by atoms with Crippen molar-refractivity contribution in [1.82, 2.24) is 14.8 Å². The minimum Gasteiger partial charge on any atom is -0.405 e. The van der Waals surface area contributed by atoms with Gasteiger partial charge in [0.2, 0.25) is 0 Å². The monoisotopic (exact) mass is 307 g/mol. The van der Waals surface area contributed by atoms with Crippen molar-refractivity contribution in [2.75, 3.05) is 0 Å². The molecule has 5 nitrogen and oxygen atoms in total. The maximum absolute atomic E-state index is 13.2. The first-order chi connectivity index (χ1) is 10.5. The summed E-state index contributed by atoms with van der Waals surface area (Å²) in [5.41, 5.74) is 4.69. The average Bonchev–Trinajstić information content (AvgIpc) is 2.94. The van der Waals surface area contributed by atoms with Crippen molar-refractivity contribution in [2.45, 2.75) is 6.18 Å². The van der Waals surface area contributed by atoms with Crippen LogP contribution in [0.3, 0.4) is 0 Å². The average molecular weight is 307 g/mol. The zero-order chi connectivity index (χ0) is 16.2. The van der Waals surface area contributed by atoms with E-state index in [0.29, 0.717) is 10.2 Å². The van der Waals surface area contributed by atoms with Crippen molar-refractivity contribution >= 4 is 11.9 Å². The minimum absolute atomic E-state index is 0.0656. The number of alkyl halides is 3. The molecule has 22 heavy (non-hydrogen) atoms. The Morgan fingerprint density at radius 2 is 2.14 bits per heavy atom. The molecule has 0 aliphatic rings. The summed E-state index contributed by atoms with van der Waals surface area (Å²) in [6, 6.07) is 4.13. The van der Waals surface area contributed by atoms with E-state index >= 15 is 0 Å². The van der Waals surface area contributed by atoms with Crippen LogP contribution >= 0.6 is 0 Å². The highest BCUT2D eigenvalue weighted by Gasteiger charge is 2.36. The van der Waals surface area contributed by atoms with E-state index in [1.165, 1.54) is 24.5 Å². The minimum atomic E-state index is -4.61. The number of pyridine rings is 1. The first kappa shape index (κ1) is 15.5. The summed E-state index contributed by atoms with van der Waals surface area (Å²) in [7, 11) is 0. The first-order valence-corrected chi connectivity index (χ1v) is 6.14. The van der Waals surface area contributed by atoms with Crippen molar-refractivity contribution in [3.05, 3.63) is 54.6 Å². The van der Waals surface area contributed by atoms with Gasteiger partial charge >= 0.3 is 6.18 Å². The summed E-state index contributed by atoms with van der Waals surface area (Å²) in [6.07, 6.45) is 2.84. The maximum Gasteiger partial charge on any atom is 0.433 e. The second kappa shape index (κ2) is 6.25. The Morgan fingerprint density at radius 1 is 1.36 bits per heavy atom. The standard InChI is InChI=1S/C14H12F3N5/c15-14(16,17)13-7-12(10-3-2-6-20-9-10)21-22(13)11(8-19)4-1-5-18/h1-9,19H,18H2/b5-1+,11-4+,19-8?. The fraction of sp³-hybridized carbons (Fsp3) is 0.0714. The van der Waals surface area contributed by atoms with Crippen LogP contribution in [0.25, 0.3) is 17.0 Å². The number of nitrogens with zero attached hydrogens (tertiary/aromatic N) is 3. The maximum atomic E-state index is 13.2. The predicted molar refractivity (Wildman–Crippen MR) is 76.8 cm³/mol. The SMILES string of the molecule is N=C/C(=C\C=C\N)n1nc(-c2cccnc2)cc1C(F)(F)F. The summed E-state index contributed by atoms with van der Waals surface area (Å²) in [4.78, 5) is 3.86. The van der Waals surface area contributed by atoms with Gasteiger partial charge in [0.15, 0.2) is 0 Å². The van der Waals surface area contributed by atoms with Crippen molar-refractivity contribution in [3.8, 4) is 11.3 Å². The Kier molecular flexibility index (Phi) is 4.40. The molecule has 3 N–H and O–H groups in total. The van der Waals surface area contributed by atoms with E-state index < -0.39 is 11.9 Å². The van der Waals surface area contributed by atoms with Gasteiger partial charge in [-0.25, -0.2) is 4.68 Å². The number of hydrogen-bond donors (Lipinski definition) is 2. The Labute approximate surface area is 124 Å². The van der Waals surface area contributed by atoms with E-state index in [2.05, 4.69) is 10.1 Å². The molecule has 0 aliphatic heterocycles. The van der Waals surface area contributed by atoms with Crippen LogP contribution in [0.15, 0.2) is 48.9 Å². The fourth-order valence-corrected chi connectivity index (χ4v) is 1.77. The van der Waals surface area contributed by atoms with Crippen molar-refractivity contribution in [2.24, 2.45) is 5.73 Å². The van der Waals surface area contributed by atoms with Crippen molar-refractivity contribution < 1.29 is 13.2 Å². The molecule has 0 unspecified atom stereocenters. The molecule has 0 aliphatic carbocycles.